The molecule has 0 amide bonds. The van der Waals surface area contributed by atoms with Crippen LogP contribution in [0.5, 0.6) is 0 Å². The summed E-state index contributed by atoms with van der Waals surface area (Å²) in [6, 6.07) is 20.7. The van der Waals surface area contributed by atoms with Gasteiger partial charge in [-0.3, -0.25) is 14.9 Å². The highest BCUT2D eigenvalue weighted by atomic mass is 16.1. The highest BCUT2D eigenvalue weighted by molar-refractivity contribution is 6.17. The molecule has 0 aliphatic heterocycles. The van der Waals surface area contributed by atoms with Crippen LogP contribution >= 0.6 is 0 Å². The lowest BCUT2D eigenvalue weighted by molar-refractivity contribution is 0.103. The van der Waals surface area contributed by atoms with Crippen LogP contribution in [0.25, 0.3) is 21.9 Å². The Kier molecular flexibility index (Phi) is 3.80. The molecule has 0 saturated carbocycles. The topological polar surface area (TPSA) is 86.8 Å². The smallest absolute Gasteiger partial charge is 0.216 e. The first-order valence-corrected chi connectivity index (χ1v) is 8.84. The minimum absolute atomic E-state index is 0.158. The van der Waals surface area contributed by atoms with Gasteiger partial charge in [-0.2, -0.15) is 5.10 Å². The zero-order valence-corrected chi connectivity index (χ0v) is 14.8. The van der Waals surface area contributed by atoms with Crippen LogP contribution in [-0.4, -0.2) is 32.2 Å². The molecular weight excluding hydrogens is 350 g/mol. The molecule has 0 atom stereocenters. The van der Waals surface area contributed by atoms with Crippen LogP contribution in [0, 0.1) is 0 Å². The molecular formula is C22H15N5O. The summed E-state index contributed by atoms with van der Waals surface area (Å²) in [6.45, 7) is 0. The molecule has 0 spiro atoms. The molecule has 5 aromatic rings. The van der Waals surface area contributed by atoms with E-state index in [0.717, 1.165) is 27.5 Å². The lowest BCUT2D eigenvalue weighted by atomic mass is 10.0. The average molecular weight is 365 g/mol. The number of nitrogens with one attached hydrogen (secondary N) is 2. The molecule has 2 aromatic heterocycles. The van der Waals surface area contributed by atoms with Crippen LogP contribution in [-0.2, 0) is 0 Å². The van der Waals surface area contributed by atoms with Gasteiger partial charge in [0.15, 0.2) is 0 Å². The second-order valence-electron chi connectivity index (χ2n) is 6.40. The Hall–Kier alpha value is -4.06. The highest BCUT2D eigenvalue weighted by Gasteiger charge is 2.18. The third kappa shape index (κ3) is 2.77. The number of carbonyl (C=O) groups excluding carboxylic acids is 1. The van der Waals surface area contributed by atoms with Crippen molar-refractivity contribution in [1.82, 2.24) is 20.2 Å². The molecule has 3 aromatic carbocycles. The number of hydrogen-bond acceptors (Lipinski definition) is 4. The van der Waals surface area contributed by atoms with Gasteiger partial charge < -0.3 is 4.98 Å². The predicted molar refractivity (Wildman–Crippen MR) is 109 cm³/mol. The van der Waals surface area contributed by atoms with Crippen LogP contribution in [0.2, 0.25) is 0 Å². The largest absolute Gasteiger partial charge is 0.345 e. The molecule has 0 unspecified atom stereocenters. The van der Waals surface area contributed by atoms with Gasteiger partial charge in [-0.15, -0.1) is 0 Å². The fourth-order valence-corrected chi connectivity index (χ4v) is 3.22. The van der Waals surface area contributed by atoms with E-state index in [9.17, 15) is 4.79 Å². The number of aromatic amines is 2. The number of aromatic nitrogens is 4. The van der Waals surface area contributed by atoms with E-state index in [0.29, 0.717) is 16.9 Å². The number of carbonyl (C=O) groups is 1. The van der Waals surface area contributed by atoms with Gasteiger partial charge in [-0.1, -0.05) is 36.4 Å². The maximum absolute atomic E-state index is 13.1. The Bertz CT molecular complexity index is 1350. The Balaban J connectivity index is 1.52. The number of fused-ring (bicyclic) bond motifs is 2. The van der Waals surface area contributed by atoms with Gasteiger partial charge in [0.1, 0.15) is 5.69 Å². The average Bonchev–Trinajstić information content (AvgIpc) is 3.38. The molecule has 0 saturated heterocycles. The number of ketones is 1. The summed E-state index contributed by atoms with van der Waals surface area (Å²) in [7, 11) is 0. The lowest BCUT2D eigenvalue weighted by Crippen LogP contribution is -2.03. The molecule has 5 rings (SSSR count). The summed E-state index contributed by atoms with van der Waals surface area (Å²) in [5, 5.41) is 7.94. The first-order valence-electron chi connectivity index (χ1n) is 8.84. The minimum Gasteiger partial charge on any atom is -0.345 e. The summed E-state index contributed by atoms with van der Waals surface area (Å²) in [5.74, 6) is -0.158. The number of rotatable bonds is 4. The minimum atomic E-state index is -0.158. The second-order valence-corrected chi connectivity index (χ2v) is 6.40. The standard InChI is InChI=1S/C22H15N5O/c28-22(21-15-5-1-4-8-18(15)26-27-21)16-6-2-3-7-17(16)23-12-14-9-10-19-20(11-14)25-13-24-19/h1-13H,(H,24,25)(H,26,27). The molecule has 2 N–H and O–H groups in total. The van der Waals surface area contributed by atoms with Crippen molar-refractivity contribution in [3.05, 3.63) is 89.9 Å². The van der Waals surface area contributed by atoms with Gasteiger partial charge in [0.25, 0.3) is 0 Å². The van der Waals surface area contributed by atoms with Crippen LogP contribution in [0.15, 0.2) is 78.0 Å². The van der Waals surface area contributed by atoms with Gasteiger partial charge in [0, 0.05) is 17.2 Å². The van der Waals surface area contributed by atoms with Gasteiger partial charge in [0.2, 0.25) is 5.78 Å². The molecule has 0 fully saturated rings. The van der Waals surface area contributed by atoms with E-state index in [1.807, 2.05) is 60.7 Å². The Morgan fingerprint density at radius 2 is 1.82 bits per heavy atom. The van der Waals surface area contributed by atoms with Crippen molar-refractivity contribution in [2.75, 3.05) is 0 Å². The van der Waals surface area contributed by atoms with E-state index < -0.39 is 0 Å². The molecule has 6 nitrogen and oxygen atoms in total. The van der Waals surface area contributed by atoms with Crippen LogP contribution in [0.1, 0.15) is 21.6 Å². The normalized spacial score (nSPS) is 11.6. The zero-order valence-electron chi connectivity index (χ0n) is 14.8. The van der Waals surface area contributed by atoms with Gasteiger partial charge in [0.05, 0.1) is 28.6 Å². The SMILES string of the molecule is O=C(c1ccccc1N=Cc1ccc2nc[nH]c2c1)c1n[nH]c2ccccc12. The molecule has 134 valence electrons. The maximum Gasteiger partial charge on any atom is 0.216 e. The van der Waals surface area contributed by atoms with Crippen molar-refractivity contribution in [3.63, 3.8) is 0 Å². The third-order valence-corrected chi connectivity index (χ3v) is 4.63. The van der Waals surface area contributed by atoms with Gasteiger partial charge in [-0.05, 0) is 35.9 Å². The van der Waals surface area contributed by atoms with E-state index in [-0.39, 0.29) is 5.78 Å². The van der Waals surface area contributed by atoms with Gasteiger partial charge in [-0.25, -0.2) is 4.98 Å². The number of benzene rings is 3. The Labute approximate surface area is 160 Å². The van der Waals surface area contributed by atoms with Crippen LogP contribution in [0.3, 0.4) is 0 Å². The summed E-state index contributed by atoms with van der Waals surface area (Å²) in [5.41, 5.74) is 5.11. The fraction of sp³-hybridized carbons (Fsp3) is 0. The summed E-state index contributed by atoms with van der Waals surface area (Å²) < 4.78 is 0. The first-order chi connectivity index (χ1) is 13.8. The van der Waals surface area contributed by atoms with Crippen molar-refractivity contribution < 1.29 is 4.79 Å². The maximum atomic E-state index is 13.1. The van der Waals surface area contributed by atoms with E-state index in [1.54, 1.807) is 18.6 Å². The van der Waals surface area contributed by atoms with Crippen molar-refractivity contribution in [2.24, 2.45) is 4.99 Å². The number of H-pyrrole nitrogens is 2. The summed E-state index contributed by atoms with van der Waals surface area (Å²) >= 11 is 0. The molecule has 28 heavy (non-hydrogen) atoms. The number of hydrogen-bond donors (Lipinski definition) is 2. The van der Waals surface area contributed by atoms with Crippen molar-refractivity contribution >= 4 is 39.6 Å². The van der Waals surface area contributed by atoms with E-state index >= 15 is 0 Å². The second kappa shape index (κ2) is 6.59. The number of para-hydroxylation sites is 2. The molecule has 0 radical (unpaired) electrons. The predicted octanol–water partition coefficient (Wildman–Crippen LogP) is 4.42. The fourth-order valence-electron chi connectivity index (χ4n) is 3.22. The van der Waals surface area contributed by atoms with E-state index in [4.69, 9.17) is 0 Å². The quantitative estimate of drug-likeness (QED) is 0.365. The summed E-state index contributed by atoms with van der Waals surface area (Å²) in [6.07, 6.45) is 3.41. The van der Waals surface area contributed by atoms with Crippen molar-refractivity contribution in [2.45, 2.75) is 0 Å². The number of aliphatic imine (C=N–C) groups is 1. The monoisotopic (exact) mass is 365 g/mol. The van der Waals surface area contributed by atoms with Crippen LogP contribution < -0.4 is 0 Å². The molecule has 2 heterocycles. The number of nitrogens with zero attached hydrogens (tertiary/aromatic N) is 3. The lowest BCUT2D eigenvalue weighted by Gasteiger charge is -2.03. The van der Waals surface area contributed by atoms with Gasteiger partial charge >= 0.3 is 0 Å². The van der Waals surface area contributed by atoms with E-state index in [2.05, 4.69) is 25.2 Å². The Morgan fingerprint density at radius 1 is 0.964 bits per heavy atom. The number of imidazole rings is 1. The Morgan fingerprint density at radius 3 is 2.79 bits per heavy atom. The molecule has 0 bridgehead atoms. The van der Waals surface area contributed by atoms with E-state index in [1.165, 1.54) is 0 Å². The van der Waals surface area contributed by atoms with Crippen LogP contribution in [0.4, 0.5) is 5.69 Å². The van der Waals surface area contributed by atoms with Crippen molar-refractivity contribution in [3.8, 4) is 0 Å². The molecule has 0 aliphatic rings. The zero-order chi connectivity index (χ0) is 18.9. The van der Waals surface area contributed by atoms with Crippen molar-refractivity contribution in [1.29, 1.82) is 0 Å². The molecule has 0 aliphatic carbocycles. The first kappa shape index (κ1) is 16.1. The highest BCUT2D eigenvalue weighted by Crippen LogP contribution is 2.25. The molecule has 6 heteroatoms. The summed E-state index contributed by atoms with van der Waals surface area (Å²) in [4.78, 5) is 25.0. The third-order valence-electron chi connectivity index (χ3n) is 4.63.